The van der Waals surface area contributed by atoms with Crippen molar-refractivity contribution >= 4 is 11.6 Å². The van der Waals surface area contributed by atoms with Crippen LogP contribution in [0.2, 0.25) is 0 Å². The summed E-state index contributed by atoms with van der Waals surface area (Å²) in [6, 6.07) is 9.39. The Morgan fingerprint density at radius 2 is 1.95 bits per heavy atom. The first-order valence-corrected chi connectivity index (χ1v) is 5.62. The van der Waals surface area contributed by atoms with E-state index in [4.69, 9.17) is 5.11 Å². The van der Waals surface area contributed by atoms with E-state index in [9.17, 15) is 9.18 Å². The highest BCUT2D eigenvalue weighted by molar-refractivity contribution is 5.87. The molecule has 2 aromatic heterocycles. The molecule has 0 aliphatic carbocycles. The van der Waals surface area contributed by atoms with Gasteiger partial charge in [-0.25, -0.2) is 14.2 Å². The molecule has 0 atom stereocenters. The van der Waals surface area contributed by atoms with Crippen molar-refractivity contribution in [3.05, 3.63) is 60.2 Å². The summed E-state index contributed by atoms with van der Waals surface area (Å²) < 4.78 is 15.2. The highest BCUT2D eigenvalue weighted by Crippen LogP contribution is 2.22. The van der Waals surface area contributed by atoms with Gasteiger partial charge in [0.05, 0.1) is 11.3 Å². The number of imidazole rings is 1. The van der Waals surface area contributed by atoms with Crippen molar-refractivity contribution < 1.29 is 14.3 Å². The van der Waals surface area contributed by atoms with E-state index in [0.29, 0.717) is 16.9 Å². The van der Waals surface area contributed by atoms with E-state index in [1.54, 1.807) is 34.9 Å². The molecule has 94 valence electrons. The lowest BCUT2D eigenvalue weighted by molar-refractivity contribution is 0.0696. The van der Waals surface area contributed by atoms with Gasteiger partial charge >= 0.3 is 5.97 Å². The molecule has 3 aromatic rings. The molecule has 3 rings (SSSR count). The molecule has 0 amide bonds. The Morgan fingerprint density at radius 1 is 1.16 bits per heavy atom. The van der Waals surface area contributed by atoms with Gasteiger partial charge in [0.1, 0.15) is 11.5 Å². The summed E-state index contributed by atoms with van der Waals surface area (Å²) in [5.74, 6) is -1.37. The quantitative estimate of drug-likeness (QED) is 0.767. The van der Waals surface area contributed by atoms with Crippen molar-refractivity contribution in [2.45, 2.75) is 0 Å². The first-order valence-electron chi connectivity index (χ1n) is 5.62. The van der Waals surface area contributed by atoms with Gasteiger partial charge < -0.3 is 9.51 Å². The first kappa shape index (κ1) is 11.4. The molecule has 0 radical (unpaired) electrons. The molecule has 1 aromatic carbocycles. The van der Waals surface area contributed by atoms with Gasteiger partial charge in [-0.2, -0.15) is 0 Å². The van der Waals surface area contributed by atoms with Crippen molar-refractivity contribution in [1.82, 2.24) is 9.38 Å². The molecular formula is C14H9FN2O2. The number of hydrogen-bond acceptors (Lipinski definition) is 2. The third-order valence-electron chi connectivity index (χ3n) is 2.85. The van der Waals surface area contributed by atoms with Crippen LogP contribution in [0.15, 0.2) is 48.8 Å². The van der Waals surface area contributed by atoms with Gasteiger partial charge in [0.25, 0.3) is 0 Å². The van der Waals surface area contributed by atoms with Gasteiger partial charge in [-0.3, -0.25) is 0 Å². The molecule has 0 bridgehead atoms. The zero-order valence-electron chi connectivity index (χ0n) is 9.75. The lowest BCUT2D eigenvalue weighted by atomic mass is 10.1. The van der Waals surface area contributed by atoms with Crippen LogP contribution in [0.4, 0.5) is 4.39 Å². The van der Waals surface area contributed by atoms with E-state index < -0.39 is 5.97 Å². The molecule has 0 fully saturated rings. The summed E-state index contributed by atoms with van der Waals surface area (Å²) in [4.78, 5) is 15.2. The second kappa shape index (κ2) is 4.20. The summed E-state index contributed by atoms with van der Waals surface area (Å²) >= 11 is 0. The molecular weight excluding hydrogens is 247 g/mol. The van der Waals surface area contributed by atoms with Crippen LogP contribution in [-0.2, 0) is 0 Å². The molecule has 0 saturated carbocycles. The minimum absolute atomic E-state index is 0.157. The highest BCUT2D eigenvalue weighted by atomic mass is 19.1. The Labute approximate surface area is 107 Å². The van der Waals surface area contributed by atoms with E-state index >= 15 is 0 Å². The topological polar surface area (TPSA) is 54.6 Å². The van der Waals surface area contributed by atoms with E-state index in [2.05, 4.69) is 4.98 Å². The van der Waals surface area contributed by atoms with Crippen molar-refractivity contribution in [3.8, 4) is 11.3 Å². The van der Waals surface area contributed by atoms with Crippen LogP contribution in [0, 0.1) is 5.82 Å². The maximum Gasteiger partial charge on any atom is 0.337 e. The summed E-state index contributed by atoms with van der Waals surface area (Å²) in [6.07, 6.45) is 3.06. The van der Waals surface area contributed by atoms with Gasteiger partial charge in [-0.05, 0) is 24.3 Å². The van der Waals surface area contributed by atoms with Gasteiger partial charge in [0, 0.05) is 18.0 Å². The fourth-order valence-electron chi connectivity index (χ4n) is 1.92. The van der Waals surface area contributed by atoms with Crippen LogP contribution < -0.4 is 0 Å². The molecule has 0 saturated heterocycles. The SMILES string of the molecule is O=C(O)c1ccc2nc(-c3ccccc3F)cn2c1. The van der Waals surface area contributed by atoms with E-state index in [0.717, 1.165) is 0 Å². The van der Waals surface area contributed by atoms with Gasteiger partial charge in [-0.15, -0.1) is 0 Å². The average molecular weight is 256 g/mol. The Balaban J connectivity index is 2.17. The second-order valence-corrected chi connectivity index (χ2v) is 4.09. The molecule has 0 aliphatic heterocycles. The molecule has 5 heteroatoms. The minimum atomic E-state index is -1.01. The van der Waals surface area contributed by atoms with Crippen LogP contribution in [0.25, 0.3) is 16.9 Å². The third kappa shape index (κ3) is 1.95. The van der Waals surface area contributed by atoms with Crippen LogP contribution in [-0.4, -0.2) is 20.5 Å². The maximum atomic E-state index is 13.7. The predicted octanol–water partition coefficient (Wildman–Crippen LogP) is 2.84. The van der Waals surface area contributed by atoms with Crippen LogP contribution >= 0.6 is 0 Å². The zero-order chi connectivity index (χ0) is 13.4. The van der Waals surface area contributed by atoms with Gasteiger partial charge in [-0.1, -0.05) is 12.1 Å². The number of hydrogen-bond donors (Lipinski definition) is 1. The molecule has 4 nitrogen and oxygen atoms in total. The van der Waals surface area contributed by atoms with Crippen molar-refractivity contribution in [2.75, 3.05) is 0 Å². The first-order chi connectivity index (χ1) is 9.15. The standard InChI is InChI=1S/C14H9FN2O2/c15-11-4-2-1-3-10(11)12-8-17-7-9(14(18)19)5-6-13(17)16-12/h1-8H,(H,18,19). The molecule has 2 heterocycles. The smallest absolute Gasteiger partial charge is 0.337 e. The van der Waals surface area contributed by atoms with Crippen molar-refractivity contribution in [2.24, 2.45) is 0 Å². The summed E-state index contributed by atoms with van der Waals surface area (Å²) in [7, 11) is 0. The molecule has 1 N–H and O–H groups in total. The zero-order valence-corrected chi connectivity index (χ0v) is 9.75. The number of rotatable bonds is 2. The average Bonchev–Trinajstić information content (AvgIpc) is 2.81. The number of pyridine rings is 1. The van der Waals surface area contributed by atoms with E-state index in [1.165, 1.54) is 18.3 Å². The number of carboxylic acids is 1. The lowest BCUT2D eigenvalue weighted by Crippen LogP contribution is -1.97. The number of carbonyl (C=O) groups is 1. The molecule has 0 spiro atoms. The number of nitrogens with zero attached hydrogens (tertiary/aromatic N) is 2. The second-order valence-electron chi connectivity index (χ2n) is 4.09. The fraction of sp³-hybridized carbons (Fsp3) is 0. The Bertz CT molecular complexity index is 780. The summed E-state index contributed by atoms with van der Waals surface area (Å²) in [6.45, 7) is 0. The Kier molecular flexibility index (Phi) is 2.52. The summed E-state index contributed by atoms with van der Waals surface area (Å²) in [5.41, 5.74) is 1.59. The van der Waals surface area contributed by atoms with Gasteiger partial charge in [0.15, 0.2) is 0 Å². The minimum Gasteiger partial charge on any atom is -0.478 e. The third-order valence-corrected chi connectivity index (χ3v) is 2.85. The number of halogens is 1. The number of aromatic nitrogens is 2. The van der Waals surface area contributed by atoms with Crippen molar-refractivity contribution in [1.29, 1.82) is 0 Å². The van der Waals surface area contributed by atoms with Crippen LogP contribution in [0.5, 0.6) is 0 Å². The van der Waals surface area contributed by atoms with Crippen LogP contribution in [0.1, 0.15) is 10.4 Å². The van der Waals surface area contributed by atoms with Crippen LogP contribution in [0.3, 0.4) is 0 Å². The highest BCUT2D eigenvalue weighted by Gasteiger charge is 2.10. The molecule has 19 heavy (non-hydrogen) atoms. The largest absolute Gasteiger partial charge is 0.478 e. The lowest BCUT2D eigenvalue weighted by Gasteiger charge is -1.96. The maximum absolute atomic E-state index is 13.7. The number of carboxylic acid groups (broad SMARTS) is 1. The monoisotopic (exact) mass is 256 g/mol. The number of fused-ring (bicyclic) bond motifs is 1. The van der Waals surface area contributed by atoms with E-state index in [1.807, 2.05) is 0 Å². The fourth-order valence-corrected chi connectivity index (χ4v) is 1.92. The summed E-state index contributed by atoms with van der Waals surface area (Å²) in [5, 5.41) is 8.92. The Morgan fingerprint density at radius 3 is 2.68 bits per heavy atom. The normalized spacial score (nSPS) is 10.8. The van der Waals surface area contributed by atoms with Crippen molar-refractivity contribution in [3.63, 3.8) is 0 Å². The molecule has 0 aliphatic rings. The molecule has 0 unspecified atom stereocenters. The number of aromatic carboxylic acids is 1. The van der Waals surface area contributed by atoms with Gasteiger partial charge in [0.2, 0.25) is 0 Å². The predicted molar refractivity (Wildman–Crippen MR) is 67.5 cm³/mol. The number of benzene rings is 1. The van der Waals surface area contributed by atoms with E-state index in [-0.39, 0.29) is 11.4 Å². The Hall–Kier alpha value is -2.69.